The van der Waals surface area contributed by atoms with E-state index in [4.69, 9.17) is 28.4 Å². The summed E-state index contributed by atoms with van der Waals surface area (Å²) in [5, 5.41) is 87.8. The van der Waals surface area contributed by atoms with Gasteiger partial charge in [0.05, 0.1) is 19.8 Å². The molecule has 0 saturated carbocycles. The van der Waals surface area contributed by atoms with E-state index >= 15 is 0 Å². The van der Waals surface area contributed by atoms with Crippen LogP contribution in [0.1, 0.15) is 13.8 Å². The smallest absolute Gasteiger partial charge is 0.217 e. The van der Waals surface area contributed by atoms with Crippen LogP contribution in [0, 0.1) is 0 Å². The Hall–Kier alpha value is -1.62. The number of carbonyl (C=O) groups excluding carboxylic acids is 2. The summed E-state index contributed by atoms with van der Waals surface area (Å²) in [6, 6.07) is -2.59. The fourth-order valence-corrected chi connectivity index (χ4v) is 5.05. The molecular formula is C23H40N2O16. The number of hydrogen-bond donors (Lipinski definition) is 10. The van der Waals surface area contributed by atoms with Crippen molar-refractivity contribution in [1.82, 2.24) is 10.6 Å². The molecule has 3 saturated heterocycles. The molecular weight excluding hydrogens is 560 g/mol. The van der Waals surface area contributed by atoms with Crippen molar-refractivity contribution >= 4 is 11.8 Å². The second-order valence-corrected chi connectivity index (χ2v) is 10.0. The van der Waals surface area contributed by atoms with Gasteiger partial charge in [0.15, 0.2) is 18.9 Å². The van der Waals surface area contributed by atoms with Crippen molar-refractivity contribution in [3.05, 3.63) is 0 Å². The van der Waals surface area contributed by atoms with E-state index in [1.165, 1.54) is 14.0 Å². The molecule has 18 heteroatoms. The van der Waals surface area contributed by atoms with Crippen LogP contribution in [0.4, 0.5) is 0 Å². The number of hydrogen-bond acceptors (Lipinski definition) is 16. The summed E-state index contributed by atoms with van der Waals surface area (Å²) in [6.45, 7) is 0.0579. The van der Waals surface area contributed by atoms with Gasteiger partial charge in [-0.1, -0.05) is 0 Å². The molecule has 0 aromatic rings. The maximum absolute atomic E-state index is 11.8. The van der Waals surface area contributed by atoms with Crippen LogP contribution in [0.25, 0.3) is 0 Å². The van der Waals surface area contributed by atoms with E-state index in [-0.39, 0.29) is 0 Å². The Morgan fingerprint density at radius 3 is 1.59 bits per heavy atom. The first-order valence-corrected chi connectivity index (χ1v) is 13.0. The largest absolute Gasteiger partial charge is 0.394 e. The average molecular weight is 601 g/mol. The Morgan fingerprint density at radius 1 is 0.610 bits per heavy atom. The van der Waals surface area contributed by atoms with Gasteiger partial charge in [-0.15, -0.1) is 0 Å². The molecule has 41 heavy (non-hydrogen) atoms. The van der Waals surface area contributed by atoms with Crippen molar-refractivity contribution < 1.29 is 78.9 Å². The van der Waals surface area contributed by atoms with E-state index in [9.17, 15) is 50.4 Å². The van der Waals surface area contributed by atoms with Crippen LogP contribution >= 0.6 is 0 Å². The number of rotatable bonds is 10. The first kappa shape index (κ1) is 33.9. The van der Waals surface area contributed by atoms with Crippen LogP contribution in [0.5, 0.6) is 0 Å². The van der Waals surface area contributed by atoms with Crippen molar-refractivity contribution in [2.45, 2.75) is 106 Å². The lowest BCUT2D eigenvalue weighted by Gasteiger charge is -2.49. The molecule has 10 N–H and O–H groups in total. The molecule has 0 spiro atoms. The van der Waals surface area contributed by atoms with Gasteiger partial charge in [0, 0.05) is 21.0 Å². The quantitative estimate of drug-likeness (QED) is 0.112. The molecule has 3 rings (SSSR count). The number of aliphatic hydroxyl groups is 8. The molecule has 0 bridgehead atoms. The third-order valence-corrected chi connectivity index (χ3v) is 7.11. The Kier molecular flexibility index (Phi) is 12.2. The van der Waals surface area contributed by atoms with Crippen LogP contribution in [-0.2, 0) is 38.0 Å². The first-order valence-electron chi connectivity index (χ1n) is 13.0. The molecule has 3 aliphatic heterocycles. The molecule has 15 atom stereocenters. The van der Waals surface area contributed by atoms with Gasteiger partial charge in [0.1, 0.15) is 73.1 Å². The highest BCUT2D eigenvalue weighted by atomic mass is 16.7. The van der Waals surface area contributed by atoms with Gasteiger partial charge in [-0.2, -0.15) is 0 Å². The molecule has 3 fully saturated rings. The van der Waals surface area contributed by atoms with Gasteiger partial charge in [-0.25, -0.2) is 0 Å². The number of carbonyl (C=O) groups is 2. The average Bonchev–Trinajstić information content (AvgIpc) is 2.93. The number of ether oxygens (including phenoxy) is 6. The molecule has 0 aromatic carbocycles. The van der Waals surface area contributed by atoms with Gasteiger partial charge in [0.25, 0.3) is 0 Å². The van der Waals surface area contributed by atoms with Crippen LogP contribution in [0.2, 0.25) is 0 Å². The molecule has 0 aliphatic carbocycles. The number of amides is 2. The molecule has 18 nitrogen and oxygen atoms in total. The van der Waals surface area contributed by atoms with Crippen molar-refractivity contribution in [2.24, 2.45) is 0 Å². The van der Waals surface area contributed by atoms with Gasteiger partial charge < -0.3 is 79.9 Å². The highest BCUT2D eigenvalue weighted by molar-refractivity contribution is 5.73. The van der Waals surface area contributed by atoms with Gasteiger partial charge in [-0.3, -0.25) is 9.59 Å². The zero-order chi connectivity index (χ0) is 30.6. The van der Waals surface area contributed by atoms with Crippen LogP contribution < -0.4 is 10.6 Å². The number of aliphatic hydroxyl groups excluding tert-OH is 8. The Balaban J connectivity index is 1.86. The van der Waals surface area contributed by atoms with E-state index in [0.29, 0.717) is 0 Å². The molecule has 0 aromatic heterocycles. The summed E-state index contributed by atoms with van der Waals surface area (Å²) in [5.41, 5.74) is 0. The maximum atomic E-state index is 11.8. The fraction of sp³-hybridized carbons (Fsp3) is 0.913. The standard InChI is InChI=1S/C23H40N2O16/c1-7(29)24-12-16(33)14(31)9(4-26)37-22(12)41-20-15(32)10(5-27)38-23(18(20)35)40-19-11(6-28)39-21(36-3)13(17(19)34)25-8(2)30/h9-23,26-28,31-35H,4-6H2,1-3H3,(H,24,29)(H,25,30)/t9-,10-,11-,12-,13-,14-,15+,16-,17-,18-,19-,20+,21-,22+,23+/m1/s1. The number of nitrogens with one attached hydrogen (secondary N) is 2. The molecule has 2 amide bonds. The van der Waals surface area contributed by atoms with E-state index in [1.54, 1.807) is 0 Å². The Bertz CT molecular complexity index is 870. The maximum Gasteiger partial charge on any atom is 0.217 e. The van der Waals surface area contributed by atoms with E-state index in [1.807, 2.05) is 0 Å². The summed E-state index contributed by atoms with van der Waals surface area (Å²) < 4.78 is 33.3. The fourth-order valence-electron chi connectivity index (χ4n) is 5.05. The topological polar surface area (TPSA) is 275 Å². The normalized spacial score (nSPS) is 45.2. The lowest BCUT2D eigenvalue weighted by molar-refractivity contribution is -0.368. The van der Waals surface area contributed by atoms with E-state index in [0.717, 1.165) is 6.92 Å². The summed E-state index contributed by atoms with van der Waals surface area (Å²) in [7, 11) is 1.25. The third-order valence-electron chi connectivity index (χ3n) is 7.11. The van der Waals surface area contributed by atoms with E-state index in [2.05, 4.69) is 10.6 Å². The third kappa shape index (κ3) is 7.48. The van der Waals surface area contributed by atoms with Crippen molar-refractivity contribution in [1.29, 1.82) is 0 Å². The molecule has 3 aliphatic rings. The second-order valence-electron chi connectivity index (χ2n) is 10.0. The minimum Gasteiger partial charge on any atom is -0.394 e. The van der Waals surface area contributed by atoms with Gasteiger partial charge in [0.2, 0.25) is 11.8 Å². The zero-order valence-electron chi connectivity index (χ0n) is 22.6. The van der Waals surface area contributed by atoms with Gasteiger partial charge in [-0.05, 0) is 0 Å². The second kappa shape index (κ2) is 14.7. The van der Waals surface area contributed by atoms with E-state index < -0.39 is 124 Å². The minimum atomic E-state index is -1.89. The summed E-state index contributed by atoms with van der Waals surface area (Å²) >= 11 is 0. The van der Waals surface area contributed by atoms with Crippen molar-refractivity contribution in [3.8, 4) is 0 Å². The summed E-state index contributed by atoms with van der Waals surface area (Å²) in [5.74, 6) is -1.19. The van der Waals surface area contributed by atoms with Gasteiger partial charge >= 0.3 is 0 Å². The first-order chi connectivity index (χ1) is 19.4. The van der Waals surface area contributed by atoms with Crippen LogP contribution in [-0.4, -0.2) is 172 Å². The zero-order valence-corrected chi connectivity index (χ0v) is 22.6. The Labute approximate surface area is 234 Å². The SMILES string of the molecule is CO[C@@H]1O[C@H](CO)[C@@H](O[C@@H]2O[C@H](CO)[C@H](O)[C@H](O[C@@H]3O[C@H](CO)[C@@H](O)[C@H](O)[C@H]3NC(C)=O)[C@H]2O)[C@H](O)[C@H]1NC(C)=O. The molecule has 0 radical (unpaired) electrons. The number of methoxy groups -OCH3 is 1. The summed E-state index contributed by atoms with van der Waals surface area (Å²) in [4.78, 5) is 23.5. The predicted octanol–water partition coefficient (Wildman–Crippen LogP) is -6.63. The van der Waals surface area contributed by atoms with Crippen LogP contribution in [0.15, 0.2) is 0 Å². The van der Waals surface area contributed by atoms with Crippen LogP contribution in [0.3, 0.4) is 0 Å². The monoisotopic (exact) mass is 600 g/mol. The minimum absolute atomic E-state index is 0.540. The molecule has 3 heterocycles. The summed E-state index contributed by atoms with van der Waals surface area (Å²) in [6.07, 6.45) is -20.3. The van der Waals surface area contributed by atoms with Crippen molar-refractivity contribution in [3.63, 3.8) is 0 Å². The highest BCUT2D eigenvalue weighted by Crippen LogP contribution is 2.32. The lowest BCUT2D eigenvalue weighted by atomic mass is 9.94. The molecule has 238 valence electrons. The predicted molar refractivity (Wildman–Crippen MR) is 129 cm³/mol. The molecule has 0 unspecified atom stereocenters. The Morgan fingerprint density at radius 2 is 1.07 bits per heavy atom. The lowest BCUT2D eigenvalue weighted by Crippen LogP contribution is -2.69. The van der Waals surface area contributed by atoms with Crippen molar-refractivity contribution in [2.75, 3.05) is 26.9 Å². The highest BCUT2D eigenvalue weighted by Gasteiger charge is 2.54.